The minimum Gasteiger partial charge on any atom is -0.507 e. The van der Waals surface area contributed by atoms with Gasteiger partial charge in [-0.15, -0.1) is 0 Å². The monoisotopic (exact) mass is 364 g/mol. The van der Waals surface area contributed by atoms with Gasteiger partial charge in [-0.1, -0.05) is 12.1 Å². The van der Waals surface area contributed by atoms with Crippen molar-refractivity contribution >= 4 is 28.1 Å². The Kier molecular flexibility index (Phi) is 5.00. The summed E-state index contributed by atoms with van der Waals surface area (Å²) in [4.78, 5) is 11.8. The van der Waals surface area contributed by atoms with Crippen molar-refractivity contribution in [1.29, 1.82) is 0 Å². The van der Waals surface area contributed by atoms with Crippen LogP contribution < -0.4 is 10.2 Å². The summed E-state index contributed by atoms with van der Waals surface area (Å²) in [5, 5.41) is 23.1. The lowest BCUT2D eigenvalue weighted by atomic mass is 10.2. The number of nitrogens with zero attached hydrogens (tertiary/aromatic N) is 1. The van der Waals surface area contributed by atoms with E-state index in [1.54, 1.807) is 18.2 Å². The molecule has 22 heavy (non-hydrogen) atoms. The maximum absolute atomic E-state index is 11.8. The lowest BCUT2D eigenvalue weighted by molar-refractivity contribution is 0.0952. The number of halogens is 1. The molecular weight excluding hydrogens is 352 g/mol. The Hall–Kier alpha value is -2.54. The maximum atomic E-state index is 11.8. The van der Waals surface area contributed by atoms with Crippen LogP contribution in [0.25, 0.3) is 0 Å². The van der Waals surface area contributed by atoms with Crippen LogP contribution in [-0.4, -0.2) is 29.4 Å². The molecule has 6 nitrogen and oxygen atoms in total. The van der Waals surface area contributed by atoms with Crippen molar-refractivity contribution in [3.05, 3.63) is 52.0 Å². The number of carbonyl (C=O) groups is 1. The highest BCUT2D eigenvalue weighted by molar-refractivity contribution is 9.10. The Morgan fingerprint density at radius 2 is 2.00 bits per heavy atom. The topological polar surface area (TPSA) is 91.2 Å². The molecule has 0 saturated heterocycles. The van der Waals surface area contributed by atoms with E-state index in [4.69, 9.17) is 4.74 Å². The minimum atomic E-state index is -0.539. The van der Waals surface area contributed by atoms with Crippen LogP contribution in [0.3, 0.4) is 0 Å². The zero-order valence-electron chi connectivity index (χ0n) is 11.6. The van der Waals surface area contributed by atoms with Gasteiger partial charge in [0.05, 0.1) is 18.9 Å². The van der Waals surface area contributed by atoms with Gasteiger partial charge in [-0.3, -0.25) is 4.79 Å². The summed E-state index contributed by atoms with van der Waals surface area (Å²) in [6.07, 6.45) is 1.36. The zero-order chi connectivity index (χ0) is 16.1. The summed E-state index contributed by atoms with van der Waals surface area (Å²) >= 11 is 3.31. The Morgan fingerprint density at radius 1 is 1.27 bits per heavy atom. The third kappa shape index (κ3) is 3.56. The summed E-state index contributed by atoms with van der Waals surface area (Å²) < 4.78 is 5.61. The third-order valence-corrected chi connectivity index (χ3v) is 3.50. The summed E-state index contributed by atoms with van der Waals surface area (Å²) in [7, 11) is 1.45. The Balaban J connectivity index is 2.12. The first-order valence-corrected chi connectivity index (χ1v) is 7.00. The van der Waals surface area contributed by atoms with Crippen molar-refractivity contribution in [1.82, 2.24) is 5.43 Å². The Morgan fingerprint density at radius 3 is 2.68 bits per heavy atom. The third-order valence-electron chi connectivity index (χ3n) is 2.82. The number of phenolic OH excluding ortho intramolecular Hbond substituents is 2. The molecule has 0 fully saturated rings. The number of hydrogen-bond donors (Lipinski definition) is 3. The van der Waals surface area contributed by atoms with Gasteiger partial charge in [0.2, 0.25) is 0 Å². The standard InChI is InChI=1S/C15H13BrN2O4/c1-22-14-7-11(16)9(6-13(14)20)8-17-18-15(21)10-4-2-3-5-12(10)19/h2-8,19-20H,1H3,(H,18,21)/b17-8-. The minimum absolute atomic E-state index is 0.0424. The van der Waals surface area contributed by atoms with Crippen molar-refractivity contribution in [3.8, 4) is 17.2 Å². The first kappa shape index (κ1) is 15.8. The van der Waals surface area contributed by atoms with Crippen LogP contribution in [0, 0.1) is 0 Å². The average Bonchev–Trinajstić information content (AvgIpc) is 2.50. The smallest absolute Gasteiger partial charge is 0.275 e. The molecule has 2 rings (SSSR count). The fourth-order valence-electron chi connectivity index (χ4n) is 1.71. The fraction of sp³-hybridized carbons (Fsp3) is 0.0667. The number of methoxy groups -OCH3 is 1. The quantitative estimate of drug-likeness (QED) is 0.574. The molecule has 0 heterocycles. The summed E-state index contributed by atoms with van der Waals surface area (Å²) in [6, 6.07) is 9.18. The number of hydrogen-bond acceptors (Lipinski definition) is 5. The van der Waals surface area contributed by atoms with Gasteiger partial charge < -0.3 is 14.9 Å². The van der Waals surface area contributed by atoms with E-state index in [-0.39, 0.29) is 17.1 Å². The molecule has 0 radical (unpaired) electrons. The van der Waals surface area contributed by atoms with Crippen LogP contribution >= 0.6 is 15.9 Å². The van der Waals surface area contributed by atoms with Gasteiger partial charge in [0, 0.05) is 10.0 Å². The molecule has 0 atom stereocenters. The van der Waals surface area contributed by atoms with E-state index in [9.17, 15) is 15.0 Å². The van der Waals surface area contributed by atoms with E-state index in [0.717, 1.165) is 0 Å². The molecule has 0 aliphatic heterocycles. The molecule has 0 aliphatic rings. The molecule has 3 N–H and O–H groups in total. The van der Waals surface area contributed by atoms with E-state index in [2.05, 4.69) is 26.5 Å². The van der Waals surface area contributed by atoms with E-state index in [1.807, 2.05) is 0 Å². The van der Waals surface area contributed by atoms with Crippen LogP contribution in [0.2, 0.25) is 0 Å². The molecular formula is C15H13BrN2O4. The first-order chi connectivity index (χ1) is 10.5. The number of hydrazone groups is 1. The number of amides is 1. The molecule has 1 amide bonds. The number of ether oxygens (including phenoxy) is 1. The number of para-hydroxylation sites is 1. The zero-order valence-corrected chi connectivity index (χ0v) is 13.2. The number of rotatable bonds is 4. The van der Waals surface area contributed by atoms with Crippen LogP contribution in [0.1, 0.15) is 15.9 Å². The van der Waals surface area contributed by atoms with Gasteiger partial charge in [0.1, 0.15) is 5.75 Å². The van der Waals surface area contributed by atoms with Crippen LogP contribution in [-0.2, 0) is 0 Å². The van der Waals surface area contributed by atoms with Crippen molar-refractivity contribution in [2.75, 3.05) is 7.11 Å². The average molecular weight is 365 g/mol. The molecule has 0 aliphatic carbocycles. The highest BCUT2D eigenvalue weighted by Crippen LogP contribution is 2.31. The van der Waals surface area contributed by atoms with Crippen LogP contribution in [0.15, 0.2) is 46.0 Å². The predicted molar refractivity (Wildman–Crippen MR) is 85.5 cm³/mol. The number of benzene rings is 2. The molecule has 0 bridgehead atoms. The molecule has 7 heteroatoms. The molecule has 114 valence electrons. The lowest BCUT2D eigenvalue weighted by Gasteiger charge is -2.06. The largest absolute Gasteiger partial charge is 0.507 e. The van der Waals surface area contributed by atoms with Gasteiger partial charge in [-0.2, -0.15) is 5.10 Å². The van der Waals surface area contributed by atoms with Gasteiger partial charge in [0.15, 0.2) is 11.5 Å². The second-order valence-corrected chi connectivity index (χ2v) is 5.12. The fourth-order valence-corrected chi connectivity index (χ4v) is 2.13. The molecule has 0 aromatic heterocycles. The van der Waals surface area contributed by atoms with Gasteiger partial charge in [-0.25, -0.2) is 5.43 Å². The Bertz CT molecular complexity index is 731. The van der Waals surface area contributed by atoms with Crippen molar-refractivity contribution in [2.45, 2.75) is 0 Å². The lowest BCUT2D eigenvalue weighted by Crippen LogP contribution is -2.17. The van der Waals surface area contributed by atoms with E-state index in [1.165, 1.54) is 31.5 Å². The van der Waals surface area contributed by atoms with Crippen molar-refractivity contribution in [2.24, 2.45) is 5.10 Å². The van der Waals surface area contributed by atoms with Gasteiger partial charge in [0.25, 0.3) is 5.91 Å². The first-order valence-electron chi connectivity index (χ1n) is 6.21. The highest BCUT2D eigenvalue weighted by Gasteiger charge is 2.09. The van der Waals surface area contributed by atoms with Gasteiger partial charge in [-0.05, 0) is 40.2 Å². The SMILES string of the molecule is COc1cc(Br)c(/C=N\NC(=O)c2ccccc2O)cc1O. The van der Waals surface area contributed by atoms with Crippen LogP contribution in [0.4, 0.5) is 0 Å². The maximum Gasteiger partial charge on any atom is 0.275 e. The number of carbonyl (C=O) groups excluding carboxylic acids is 1. The molecule has 2 aromatic rings. The van der Waals surface area contributed by atoms with E-state index in [0.29, 0.717) is 15.8 Å². The summed E-state index contributed by atoms with van der Waals surface area (Å²) in [6.45, 7) is 0. The van der Waals surface area contributed by atoms with E-state index >= 15 is 0 Å². The van der Waals surface area contributed by atoms with E-state index < -0.39 is 5.91 Å². The number of phenols is 2. The van der Waals surface area contributed by atoms with Crippen LogP contribution in [0.5, 0.6) is 17.2 Å². The van der Waals surface area contributed by atoms with Gasteiger partial charge >= 0.3 is 0 Å². The summed E-state index contributed by atoms with van der Waals surface area (Å²) in [5.41, 5.74) is 2.97. The molecule has 0 spiro atoms. The van der Waals surface area contributed by atoms with Crippen molar-refractivity contribution < 1.29 is 19.7 Å². The molecule has 0 saturated carbocycles. The normalized spacial score (nSPS) is 10.6. The molecule has 2 aromatic carbocycles. The molecule has 0 unspecified atom stereocenters. The van der Waals surface area contributed by atoms with Crippen molar-refractivity contribution in [3.63, 3.8) is 0 Å². The summed E-state index contributed by atoms with van der Waals surface area (Å²) in [5.74, 6) is -0.386. The Labute approximate surface area is 135 Å². The second-order valence-electron chi connectivity index (χ2n) is 4.26. The predicted octanol–water partition coefficient (Wildman–Crippen LogP) is 2.63. The number of aromatic hydroxyl groups is 2. The number of nitrogens with one attached hydrogen (secondary N) is 1. The highest BCUT2D eigenvalue weighted by atomic mass is 79.9. The second kappa shape index (κ2) is 6.95.